The van der Waals surface area contributed by atoms with Crippen LogP contribution < -0.4 is 14.8 Å². The molecule has 134 valence electrons. The van der Waals surface area contributed by atoms with Gasteiger partial charge in [0.05, 0.1) is 30.5 Å². The maximum absolute atomic E-state index is 13.8. The number of methoxy groups -OCH3 is 2. The first-order valence-corrected chi connectivity index (χ1v) is 8.72. The number of carbonyl (C=O) groups excluding carboxylic acids is 1. The molecule has 3 aromatic rings. The Morgan fingerprint density at radius 2 is 1.96 bits per heavy atom. The Morgan fingerprint density at radius 1 is 1.19 bits per heavy atom. The first-order valence-electron chi connectivity index (χ1n) is 7.46. The van der Waals surface area contributed by atoms with Crippen molar-refractivity contribution in [2.75, 3.05) is 19.5 Å². The van der Waals surface area contributed by atoms with Crippen molar-refractivity contribution in [2.24, 2.45) is 0 Å². The van der Waals surface area contributed by atoms with E-state index in [0.29, 0.717) is 22.3 Å². The molecule has 0 atom stereocenters. The number of halogens is 2. The highest BCUT2D eigenvalue weighted by atomic mass is 35.5. The molecule has 0 unspecified atom stereocenters. The number of anilines is 1. The molecule has 1 aromatic heterocycles. The van der Waals surface area contributed by atoms with Crippen LogP contribution in [0.2, 0.25) is 5.02 Å². The molecule has 8 heteroatoms. The highest BCUT2D eigenvalue weighted by Gasteiger charge is 2.17. The van der Waals surface area contributed by atoms with E-state index in [1.807, 2.05) is 6.07 Å². The largest absolute Gasteiger partial charge is 0.493 e. The summed E-state index contributed by atoms with van der Waals surface area (Å²) in [6.07, 6.45) is 0. The Labute approximate surface area is 158 Å². The van der Waals surface area contributed by atoms with Crippen LogP contribution in [0.25, 0.3) is 11.3 Å². The fourth-order valence-electron chi connectivity index (χ4n) is 2.33. The summed E-state index contributed by atoms with van der Waals surface area (Å²) in [5.41, 5.74) is 1.23. The Bertz CT molecular complexity index is 941. The second-order valence-electron chi connectivity index (χ2n) is 5.16. The lowest BCUT2D eigenvalue weighted by Crippen LogP contribution is -2.14. The lowest BCUT2D eigenvalue weighted by atomic mass is 10.1. The third kappa shape index (κ3) is 3.63. The Hall–Kier alpha value is -2.64. The van der Waals surface area contributed by atoms with Gasteiger partial charge in [0.1, 0.15) is 5.82 Å². The van der Waals surface area contributed by atoms with Crippen LogP contribution in [0.5, 0.6) is 11.5 Å². The van der Waals surface area contributed by atoms with E-state index in [1.165, 1.54) is 29.5 Å². The van der Waals surface area contributed by atoms with E-state index >= 15 is 0 Å². The van der Waals surface area contributed by atoms with Gasteiger partial charge >= 0.3 is 0 Å². The van der Waals surface area contributed by atoms with Gasteiger partial charge in [-0.15, -0.1) is 11.3 Å². The standard InChI is InChI=1S/C18H14ClFN2O3S/c1-24-14-7-6-10(8-15(14)25-2)13-9-26-18(21-13)22-17(23)16-11(19)4-3-5-12(16)20/h3-9H,1-2H3,(H,21,22,23). The zero-order chi connectivity index (χ0) is 18.7. The summed E-state index contributed by atoms with van der Waals surface area (Å²) in [6, 6.07) is 9.45. The summed E-state index contributed by atoms with van der Waals surface area (Å²) < 4.78 is 24.3. The Balaban J connectivity index is 1.83. The minimum atomic E-state index is -0.688. The quantitative estimate of drug-likeness (QED) is 0.672. The molecule has 0 saturated carbocycles. The number of benzene rings is 2. The van der Waals surface area contributed by atoms with Crippen LogP contribution in [-0.2, 0) is 0 Å². The van der Waals surface area contributed by atoms with Crippen LogP contribution in [0.3, 0.4) is 0 Å². The average Bonchev–Trinajstić information content (AvgIpc) is 3.09. The molecule has 3 rings (SSSR count). The van der Waals surface area contributed by atoms with E-state index < -0.39 is 11.7 Å². The summed E-state index contributed by atoms with van der Waals surface area (Å²) >= 11 is 7.13. The van der Waals surface area contributed by atoms with Crippen molar-refractivity contribution in [3.8, 4) is 22.8 Å². The van der Waals surface area contributed by atoms with E-state index in [-0.39, 0.29) is 10.6 Å². The molecular weight excluding hydrogens is 379 g/mol. The first-order chi connectivity index (χ1) is 12.5. The normalized spacial score (nSPS) is 10.5. The molecule has 1 amide bonds. The third-order valence-corrected chi connectivity index (χ3v) is 4.67. The van der Waals surface area contributed by atoms with Gasteiger partial charge in [-0.1, -0.05) is 17.7 Å². The molecule has 26 heavy (non-hydrogen) atoms. The second-order valence-corrected chi connectivity index (χ2v) is 6.42. The molecule has 0 spiro atoms. The molecule has 1 N–H and O–H groups in total. The Morgan fingerprint density at radius 3 is 2.65 bits per heavy atom. The lowest BCUT2D eigenvalue weighted by Gasteiger charge is -2.08. The zero-order valence-electron chi connectivity index (χ0n) is 13.9. The van der Waals surface area contributed by atoms with Crippen molar-refractivity contribution >= 4 is 34.0 Å². The van der Waals surface area contributed by atoms with Crippen LogP contribution in [0.15, 0.2) is 41.8 Å². The summed E-state index contributed by atoms with van der Waals surface area (Å²) in [7, 11) is 3.11. The van der Waals surface area contributed by atoms with Crippen LogP contribution in [0.1, 0.15) is 10.4 Å². The summed E-state index contributed by atoms with van der Waals surface area (Å²) in [5, 5.41) is 4.72. The zero-order valence-corrected chi connectivity index (χ0v) is 15.5. The van der Waals surface area contributed by atoms with Crippen LogP contribution in [-0.4, -0.2) is 25.1 Å². The molecular formula is C18H14ClFN2O3S. The number of nitrogens with zero attached hydrogens (tertiary/aromatic N) is 1. The van der Waals surface area contributed by atoms with E-state index in [1.54, 1.807) is 31.7 Å². The van der Waals surface area contributed by atoms with Gasteiger partial charge < -0.3 is 9.47 Å². The van der Waals surface area contributed by atoms with Gasteiger partial charge in [0.25, 0.3) is 5.91 Å². The molecule has 1 heterocycles. The fraction of sp³-hybridized carbons (Fsp3) is 0.111. The number of aromatic nitrogens is 1. The molecule has 0 aliphatic rings. The van der Waals surface area contributed by atoms with Gasteiger partial charge in [-0.05, 0) is 30.3 Å². The lowest BCUT2D eigenvalue weighted by molar-refractivity contribution is 0.102. The molecule has 0 radical (unpaired) electrons. The van der Waals surface area contributed by atoms with Gasteiger partial charge in [-0.2, -0.15) is 0 Å². The number of thiazole rings is 1. The first kappa shape index (κ1) is 18.2. The topological polar surface area (TPSA) is 60.5 Å². The highest BCUT2D eigenvalue weighted by molar-refractivity contribution is 7.14. The molecule has 0 aliphatic carbocycles. The van der Waals surface area contributed by atoms with Gasteiger partial charge in [0, 0.05) is 10.9 Å². The molecule has 2 aromatic carbocycles. The smallest absolute Gasteiger partial charge is 0.261 e. The average molecular weight is 393 g/mol. The third-order valence-electron chi connectivity index (χ3n) is 3.59. The van der Waals surface area contributed by atoms with Crippen molar-refractivity contribution in [1.82, 2.24) is 4.98 Å². The summed E-state index contributed by atoms with van der Waals surface area (Å²) in [6.45, 7) is 0. The Kier molecular flexibility index (Phi) is 5.39. The maximum Gasteiger partial charge on any atom is 0.261 e. The number of hydrogen-bond donors (Lipinski definition) is 1. The van der Waals surface area contributed by atoms with E-state index in [9.17, 15) is 9.18 Å². The predicted molar refractivity (Wildman–Crippen MR) is 100 cm³/mol. The number of ether oxygens (including phenoxy) is 2. The summed E-state index contributed by atoms with van der Waals surface area (Å²) in [4.78, 5) is 16.6. The summed E-state index contributed by atoms with van der Waals surface area (Å²) in [5.74, 6) is -0.163. The molecule has 5 nitrogen and oxygen atoms in total. The van der Waals surface area contributed by atoms with Gasteiger partial charge in [0.15, 0.2) is 16.6 Å². The number of carbonyl (C=O) groups is 1. The number of rotatable bonds is 5. The second kappa shape index (κ2) is 7.72. The highest BCUT2D eigenvalue weighted by Crippen LogP contribution is 2.33. The fourth-order valence-corrected chi connectivity index (χ4v) is 3.30. The van der Waals surface area contributed by atoms with Crippen molar-refractivity contribution in [2.45, 2.75) is 0 Å². The van der Waals surface area contributed by atoms with Gasteiger partial charge in [-0.3, -0.25) is 10.1 Å². The van der Waals surface area contributed by atoms with E-state index in [2.05, 4.69) is 10.3 Å². The van der Waals surface area contributed by atoms with Crippen molar-refractivity contribution in [3.05, 3.63) is 58.2 Å². The number of amides is 1. The minimum Gasteiger partial charge on any atom is -0.493 e. The molecule has 0 bridgehead atoms. The maximum atomic E-state index is 13.8. The van der Waals surface area contributed by atoms with E-state index in [4.69, 9.17) is 21.1 Å². The van der Waals surface area contributed by atoms with Crippen LogP contribution >= 0.6 is 22.9 Å². The van der Waals surface area contributed by atoms with Crippen molar-refractivity contribution in [3.63, 3.8) is 0 Å². The predicted octanol–water partition coefficient (Wildman–Crippen LogP) is 4.87. The molecule has 0 aliphatic heterocycles. The van der Waals surface area contributed by atoms with Crippen molar-refractivity contribution in [1.29, 1.82) is 0 Å². The van der Waals surface area contributed by atoms with Crippen LogP contribution in [0.4, 0.5) is 9.52 Å². The van der Waals surface area contributed by atoms with Crippen LogP contribution in [0, 0.1) is 5.82 Å². The number of hydrogen-bond acceptors (Lipinski definition) is 5. The molecule has 0 saturated heterocycles. The van der Waals surface area contributed by atoms with Crippen molar-refractivity contribution < 1.29 is 18.7 Å². The SMILES string of the molecule is COc1ccc(-c2csc(NC(=O)c3c(F)cccc3Cl)n2)cc1OC. The number of nitrogens with one attached hydrogen (secondary N) is 1. The van der Waals surface area contributed by atoms with E-state index in [0.717, 1.165) is 5.56 Å². The van der Waals surface area contributed by atoms with Gasteiger partial charge in [0.2, 0.25) is 0 Å². The molecule has 0 fully saturated rings. The minimum absolute atomic E-state index is 0.0409. The monoisotopic (exact) mass is 392 g/mol. The van der Waals surface area contributed by atoms with Gasteiger partial charge in [-0.25, -0.2) is 9.37 Å².